The Bertz CT molecular complexity index is 1050. The van der Waals surface area contributed by atoms with Crippen LogP contribution in [0, 0.1) is 6.92 Å². The molecule has 1 unspecified atom stereocenters. The van der Waals surface area contributed by atoms with Gasteiger partial charge in [-0.3, -0.25) is 0 Å². The number of nitrogens with one attached hydrogen (secondary N) is 1. The quantitative estimate of drug-likeness (QED) is 0.577. The van der Waals surface area contributed by atoms with Gasteiger partial charge in [-0.2, -0.15) is 0 Å². The zero-order chi connectivity index (χ0) is 21.1. The Kier molecular flexibility index (Phi) is 6.36. The van der Waals surface area contributed by atoms with E-state index in [1.165, 1.54) is 0 Å². The molecule has 1 aliphatic heterocycles. The van der Waals surface area contributed by atoms with Crippen LogP contribution in [0.5, 0.6) is 11.5 Å². The molecule has 0 spiro atoms. The highest BCUT2D eigenvalue weighted by Gasteiger charge is 2.20. The first-order valence-corrected chi connectivity index (χ1v) is 10.6. The minimum atomic E-state index is 0.0344. The minimum Gasteiger partial charge on any atom is -0.493 e. The number of fused-ring (bicyclic) bond motifs is 1. The van der Waals surface area contributed by atoms with E-state index in [1.807, 2.05) is 31.2 Å². The number of likely N-dealkylation sites (N-methyl/N-ethyl adjacent to an activating group) is 1. The Hall–Kier alpha value is -2.42. The number of rotatable bonds is 6. The highest BCUT2D eigenvalue weighted by atomic mass is 79.9. The maximum Gasteiger partial charge on any atom is 0.163 e. The molecule has 1 atom stereocenters. The first-order valence-electron chi connectivity index (χ1n) is 9.82. The summed E-state index contributed by atoms with van der Waals surface area (Å²) in [6.07, 6.45) is 1.58. The van der Waals surface area contributed by atoms with Gasteiger partial charge in [-0.1, -0.05) is 15.9 Å². The van der Waals surface area contributed by atoms with Crippen molar-refractivity contribution < 1.29 is 14.2 Å². The summed E-state index contributed by atoms with van der Waals surface area (Å²) >= 11 is 3.50. The molecule has 0 aliphatic carbocycles. The molecule has 8 heteroatoms. The van der Waals surface area contributed by atoms with E-state index in [0.29, 0.717) is 23.9 Å². The standard InChI is InChI=1S/C22H25BrN4O3/c1-14-8-15(23)4-5-18(14)26-22-17-9-20(28-3)21(10-19(17)24-13-25-22)30-12-16-11-27(2)6-7-29-16/h4-5,8-10,13,16H,6-7,11-12H2,1-3H3,(H,24,25,26). The molecule has 7 nitrogen and oxygen atoms in total. The molecule has 0 bridgehead atoms. The smallest absolute Gasteiger partial charge is 0.163 e. The molecule has 0 radical (unpaired) electrons. The maximum atomic E-state index is 6.05. The highest BCUT2D eigenvalue weighted by Crippen LogP contribution is 2.35. The van der Waals surface area contributed by atoms with Crippen LogP contribution in [0.15, 0.2) is 41.1 Å². The van der Waals surface area contributed by atoms with Gasteiger partial charge in [0.1, 0.15) is 24.9 Å². The van der Waals surface area contributed by atoms with Crippen LogP contribution in [0.2, 0.25) is 0 Å². The number of aromatic nitrogens is 2. The molecule has 2 heterocycles. The van der Waals surface area contributed by atoms with Crippen LogP contribution in [0.25, 0.3) is 10.9 Å². The Morgan fingerprint density at radius 3 is 2.87 bits per heavy atom. The first kappa shape index (κ1) is 20.8. The molecule has 0 amide bonds. The van der Waals surface area contributed by atoms with E-state index in [-0.39, 0.29) is 6.10 Å². The lowest BCUT2D eigenvalue weighted by atomic mass is 10.1. The van der Waals surface area contributed by atoms with Crippen LogP contribution >= 0.6 is 15.9 Å². The molecule has 2 aromatic carbocycles. The molecule has 1 aliphatic rings. The summed E-state index contributed by atoms with van der Waals surface area (Å²) in [5.41, 5.74) is 2.87. The molecule has 0 saturated carbocycles. The minimum absolute atomic E-state index is 0.0344. The topological polar surface area (TPSA) is 68.7 Å². The van der Waals surface area contributed by atoms with Crippen LogP contribution in [-0.4, -0.2) is 61.4 Å². The summed E-state index contributed by atoms with van der Waals surface area (Å²) < 4.78 is 18.5. The van der Waals surface area contributed by atoms with Crippen LogP contribution in [-0.2, 0) is 4.74 Å². The fourth-order valence-corrected chi connectivity index (χ4v) is 3.96. The second kappa shape index (κ2) is 9.16. The normalized spacial score (nSPS) is 17.1. The number of halogens is 1. The van der Waals surface area contributed by atoms with Crippen LogP contribution < -0.4 is 14.8 Å². The van der Waals surface area contributed by atoms with Gasteiger partial charge in [-0.15, -0.1) is 0 Å². The number of aryl methyl sites for hydroxylation is 1. The number of benzene rings is 2. The molecule has 4 rings (SSSR count). The average molecular weight is 473 g/mol. The fraction of sp³-hybridized carbons (Fsp3) is 0.364. The zero-order valence-electron chi connectivity index (χ0n) is 17.3. The summed E-state index contributed by atoms with van der Waals surface area (Å²) in [6.45, 7) is 5.02. The predicted octanol–water partition coefficient (Wildman–Crippen LogP) is 4.16. The van der Waals surface area contributed by atoms with Gasteiger partial charge in [-0.05, 0) is 43.8 Å². The molecule has 1 N–H and O–H groups in total. The van der Waals surface area contributed by atoms with Gasteiger partial charge < -0.3 is 24.4 Å². The molecule has 1 fully saturated rings. The van der Waals surface area contributed by atoms with Gasteiger partial charge in [-0.25, -0.2) is 9.97 Å². The van der Waals surface area contributed by atoms with Crippen molar-refractivity contribution in [3.63, 3.8) is 0 Å². The van der Waals surface area contributed by atoms with Crippen LogP contribution in [0.3, 0.4) is 0 Å². The summed E-state index contributed by atoms with van der Waals surface area (Å²) in [5.74, 6) is 2.00. The average Bonchev–Trinajstić information content (AvgIpc) is 2.74. The van der Waals surface area contributed by atoms with E-state index in [9.17, 15) is 0 Å². The summed E-state index contributed by atoms with van der Waals surface area (Å²) in [4.78, 5) is 11.1. The monoisotopic (exact) mass is 472 g/mol. The molecule has 1 aromatic heterocycles. The number of methoxy groups -OCH3 is 1. The van der Waals surface area contributed by atoms with Crippen molar-refractivity contribution in [2.75, 3.05) is 45.8 Å². The van der Waals surface area contributed by atoms with Gasteiger partial charge in [0.15, 0.2) is 11.5 Å². The Morgan fingerprint density at radius 2 is 2.10 bits per heavy atom. The molecule has 158 valence electrons. The van der Waals surface area contributed by atoms with E-state index in [1.54, 1.807) is 13.4 Å². The third kappa shape index (κ3) is 4.66. The SMILES string of the molecule is COc1cc2c(Nc3ccc(Br)cc3C)ncnc2cc1OCC1CN(C)CCO1. The van der Waals surface area contributed by atoms with Gasteiger partial charge in [0.05, 0.1) is 19.2 Å². The summed E-state index contributed by atoms with van der Waals surface area (Å²) in [6, 6.07) is 9.87. The number of ether oxygens (including phenoxy) is 3. The molecular weight excluding hydrogens is 448 g/mol. The van der Waals surface area contributed by atoms with E-state index < -0.39 is 0 Å². The lowest BCUT2D eigenvalue weighted by Gasteiger charge is -2.30. The van der Waals surface area contributed by atoms with Crippen LogP contribution in [0.4, 0.5) is 11.5 Å². The van der Waals surface area contributed by atoms with E-state index in [2.05, 4.69) is 49.2 Å². The second-order valence-electron chi connectivity index (χ2n) is 7.39. The number of anilines is 2. The summed E-state index contributed by atoms with van der Waals surface area (Å²) in [7, 11) is 3.72. The molecular formula is C22H25BrN4O3. The van der Waals surface area contributed by atoms with E-state index in [4.69, 9.17) is 14.2 Å². The lowest BCUT2D eigenvalue weighted by Crippen LogP contribution is -2.42. The highest BCUT2D eigenvalue weighted by molar-refractivity contribution is 9.10. The second-order valence-corrected chi connectivity index (χ2v) is 8.31. The number of morpholine rings is 1. The third-order valence-electron chi connectivity index (χ3n) is 5.13. The van der Waals surface area contributed by atoms with Crippen molar-refractivity contribution >= 4 is 38.3 Å². The van der Waals surface area contributed by atoms with Crippen molar-refractivity contribution in [2.45, 2.75) is 13.0 Å². The van der Waals surface area contributed by atoms with Crippen molar-refractivity contribution in [3.05, 3.63) is 46.7 Å². The first-order chi connectivity index (χ1) is 14.5. The van der Waals surface area contributed by atoms with Crippen molar-refractivity contribution in [1.29, 1.82) is 0 Å². The number of nitrogens with zero attached hydrogens (tertiary/aromatic N) is 3. The Balaban J connectivity index is 1.60. The van der Waals surface area contributed by atoms with Gasteiger partial charge >= 0.3 is 0 Å². The predicted molar refractivity (Wildman–Crippen MR) is 121 cm³/mol. The van der Waals surface area contributed by atoms with Crippen molar-refractivity contribution in [1.82, 2.24) is 14.9 Å². The number of hydrogen-bond donors (Lipinski definition) is 1. The number of hydrogen-bond acceptors (Lipinski definition) is 7. The maximum absolute atomic E-state index is 6.05. The van der Waals surface area contributed by atoms with E-state index in [0.717, 1.165) is 46.3 Å². The zero-order valence-corrected chi connectivity index (χ0v) is 18.9. The van der Waals surface area contributed by atoms with Crippen molar-refractivity contribution in [2.24, 2.45) is 0 Å². The van der Waals surface area contributed by atoms with E-state index >= 15 is 0 Å². The lowest BCUT2D eigenvalue weighted by molar-refractivity contribution is -0.0406. The van der Waals surface area contributed by atoms with Crippen molar-refractivity contribution in [3.8, 4) is 11.5 Å². The molecule has 30 heavy (non-hydrogen) atoms. The summed E-state index contributed by atoms with van der Waals surface area (Å²) in [5, 5.41) is 4.27. The van der Waals surface area contributed by atoms with Gasteiger partial charge in [0, 0.05) is 34.7 Å². The van der Waals surface area contributed by atoms with Gasteiger partial charge in [0.25, 0.3) is 0 Å². The molecule has 3 aromatic rings. The fourth-order valence-electron chi connectivity index (χ4n) is 3.48. The Morgan fingerprint density at radius 1 is 1.23 bits per heavy atom. The van der Waals surface area contributed by atoms with Gasteiger partial charge in [0.2, 0.25) is 0 Å². The largest absolute Gasteiger partial charge is 0.493 e. The van der Waals surface area contributed by atoms with Crippen LogP contribution in [0.1, 0.15) is 5.56 Å². The third-order valence-corrected chi connectivity index (χ3v) is 5.62. The Labute approximate surface area is 184 Å². The molecule has 1 saturated heterocycles.